The van der Waals surface area contributed by atoms with Crippen LogP contribution in [0.3, 0.4) is 0 Å². The number of hydrogen-bond donors (Lipinski definition) is 2. The van der Waals surface area contributed by atoms with E-state index >= 15 is 0 Å². The average molecular weight is 257 g/mol. The molecule has 5 heteroatoms. The monoisotopic (exact) mass is 257 g/mol. The number of aliphatic hydroxyl groups is 1. The van der Waals surface area contributed by atoms with Crippen LogP contribution >= 0.6 is 0 Å². The molecule has 1 unspecified atom stereocenters. The van der Waals surface area contributed by atoms with Crippen LogP contribution in [-0.4, -0.2) is 46.7 Å². The number of carbonyl (C=O) groups excluding carboxylic acids is 1. The SMILES string of the molecule is CC(O)CCN(C)C(=O)CC1(C(=O)O)CCCC1. The molecule has 0 radical (unpaired) electrons. The van der Waals surface area contributed by atoms with Gasteiger partial charge in [0.2, 0.25) is 5.91 Å². The second kappa shape index (κ2) is 6.18. The zero-order valence-electron chi connectivity index (χ0n) is 11.2. The molecular formula is C13H23NO4. The lowest BCUT2D eigenvalue weighted by Gasteiger charge is -2.26. The molecule has 0 saturated heterocycles. The largest absolute Gasteiger partial charge is 0.481 e. The molecule has 0 heterocycles. The predicted octanol–water partition coefficient (Wildman–Crippen LogP) is 1.25. The summed E-state index contributed by atoms with van der Waals surface area (Å²) in [6, 6.07) is 0. The highest BCUT2D eigenvalue weighted by atomic mass is 16.4. The average Bonchev–Trinajstić information content (AvgIpc) is 2.75. The molecule has 2 N–H and O–H groups in total. The van der Waals surface area contributed by atoms with Gasteiger partial charge in [0.25, 0.3) is 0 Å². The number of aliphatic carboxylic acids is 1. The number of hydrogen-bond acceptors (Lipinski definition) is 3. The van der Waals surface area contributed by atoms with Gasteiger partial charge in [-0.05, 0) is 26.2 Å². The van der Waals surface area contributed by atoms with E-state index in [1.807, 2.05) is 0 Å². The van der Waals surface area contributed by atoms with Crippen LogP contribution in [0.4, 0.5) is 0 Å². The first kappa shape index (κ1) is 15.0. The molecule has 1 aliphatic carbocycles. The maximum atomic E-state index is 12.0. The summed E-state index contributed by atoms with van der Waals surface area (Å²) in [5.41, 5.74) is -0.851. The smallest absolute Gasteiger partial charge is 0.310 e. The molecule has 5 nitrogen and oxygen atoms in total. The van der Waals surface area contributed by atoms with Crippen molar-refractivity contribution in [3.63, 3.8) is 0 Å². The van der Waals surface area contributed by atoms with Crippen LogP contribution in [0.15, 0.2) is 0 Å². The summed E-state index contributed by atoms with van der Waals surface area (Å²) in [7, 11) is 1.66. The van der Waals surface area contributed by atoms with E-state index in [9.17, 15) is 19.8 Å². The molecule has 0 bridgehead atoms. The number of rotatable bonds is 6. The van der Waals surface area contributed by atoms with Gasteiger partial charge in [-0.15, -0.1) is 0 Å². The van der Waals surface area contributed by atoms with Crippen molar-refractivity contribution in [1.82, 2.24) is 4.90 Å². The van der Waals surface area contributed by atoms with E-state index in [1.54, 1.807) is 14.0 Å². The van der Waals surface area contributed by atoms with Gasteiger partial charge in [0.1, 0.15) is 0 Å². The Morgan fingerprint density at radius 2 is 1.89 bits per heavy atom. The lowest BCUT2D eigenvalue weighted by atomic mass is 9.82. The molecule has 1 rings (SSSR count). The first-order chi connectivity index (χ1) is 8.37. The van der Waals surface area contributed by atoms with E-state index in [-0.39, 0.29) is 12.3 Å². The van der Waals surface area contributed by atoms with E-state index in [1.165, 1.54) is 4.90 Å². The maximum Gasteiger partial charge on any atom is 0.310 e. The van der Waals surface area contributed by atoms with Crippen LogP contribution < -0.4 is 0 Å². The number of carboxylic acids is 1. The quantitative estimate of drug-likeness (QED) is 0.750. The van der Waals surface area contributed by atoms with Crippen molar-refractivity contribution in [1.29, 1.82) is 0 Å². The highest BCUT2D eigenvalue weighted by molar-refractivity contribution is 5.85. The first-order valence-corrected chi connectivity index (χ1v) is 6.53. The zero-order valence-corrected chi connectivity index (χ0v) is 11.2. The Balaban J connectivity index is 2.54. The fourth-order valence-electron chi connectivity index (χ4n) is 2.45. The van der Waals surface area contributed by atoms with Crippen molar-refractivity contribution in [2.75, 3.05) is 13.6 Å². The number of nitrogens with zero attached hydrogens (tertiary/aromatic N) is 1. The van der Waals surface area contributed by atoms with Gasteiger partial charge in [0.05, 0.1) is 11.5 Å². The third-order valence-corrected chi connectivity index (χ3v) is 3.81. The van der Waals surface area contributed by atoms with E-state index in [2.05, 4.69) is 0 Å². The Labute approximate surface area is 108 Å². The fourth-order valence-corrected chi connectivity index (χ4v) is 2.45. The van der Waals surface area contributed by atoms with Gasteiger partial charge in [0.15, 0.2) is 0 Å². The van der Waals surface area contributed by atoms with E-state index < -0.39 is 17.5 Å². The van der Waals surface area contributed by atoms with Crippen LogP contribution in [0.5, 0.6) is 0 Å². The third-order valence-electron chi connectivity index (χ3n) is 3.81. The molecule has 0 aromatic heterocycles. The summed E-state index contributed by atoms with van der Waals surface area (Å²) in [4.78, 5) is 24.9. The van der Waals surface area contributed by atoms with Gasteiger partial charge >= 0.3 is 5.97 Å². The first-order valence-electron chi connectivity index (χ1n) is 6.53. The number of carboxylic acid groups (broad SMARTS) is 1. The van der Waals surface area contributed by atoms with Crippen molar-refractivity contribution >= 4 is 11.9 Å². The minimum Gasteiger partial charge on any atom is -0.481 e. The molecule has 1 aliphatic rings. The van der Waals surface area contributed by atoms with Gasteiger partial charge < -0.3 is 15.1 Å². The van der Waals surface area contributed by atoms with Crippen molar-refractivity contribution in [3.8, 4) is 0 Å². The second-order valence-corrected chi connectivity index (χ2v) is 5.42. The summed E-state index contributed by atoms with van der Waals surface area (Å²) in [5.74, 6) is -0.989. The molecule has 0 aliphatic heterocycles. The van der Waals surface area contributed by atoms with Gasteiger partial charge in [-0.1, -0.05) is 12.8 Å². The number of carbonyl (C=O) groups is 2. The molecule has 104 valence electrons. The summed E-state index contributed by atoms with van der Waals surface area (Å²) >= 11 is 0. The van der Waals surface area contributed by atoms with E-state index in [0.717, 1.165) is 12.8 Å². The lowest BCUT2D eigenvalue weighted by molar-refractivity contribution is -0.153. The van der Waals surface area contributed by atoms with Gasteiger partial charge in [-0.2, -0.15) is 0 Å². The molecule has 1 saturated carbocycles. The summed E-state index contributed by atoms with van der Waals surface area (Å²) in [6.45, 7) is 2.14. The molecule has 18 heavy (non-hydrogen) atoms. The minimum absolute atomic E-state index is 0.0820. The minimum atomic E-state index is -0.851. The molecule has 0 spiro atoms. The summed E-state index contributed by atoms with van der Waals surface area (Å²) in [5, 5.41) is 18.5. The van der Waals surface area contributed by atoms with Crippen LogP contribution in [0.1, 0.15) is 45.4 Å². The van der Waals surface area contributed by atoms with E-state index in [4.69, 9.17) is 0 Å². The van der Waals surface area contributed by atoms with Gasteiger partial charge in [-0.3, -0.25) is 9.59 Å². The zero-order chi connectivity index (χ0) is 13.8. The summed E-state index contributed by atoms with van der Waals surface area (Å²) in [6.07, 6.45) is 3.12. The predicted molar refractivity (Wildman–Crippen MR) is 67.1 cm³/mol. The van der Waals surface area contributed by atoms with Gasteiger partial charge in [0, 0.05) is 20.0 Å². The number of aliphatic hydroxyl groups excluding tert-OH is 1. The molecule has 1 atom stereocenters. The normalized spacial score (nSPS) is 19.5. The molecule has 1 fully saturated rings. The van der Waals surface area contributed by atoms with Crippen LogP contribution in [0.2, 0.25) is 0 Å². The Bertz CT molecular complexity index is 308. The molecule has 0 aromatic rings. The van der Waals surface area contributed by atoms with Crippen molar-refractivity contribution < 1.29 is 19.8 Å². The van der Waals surface area contributed by atoms with Crippen LogP contribution in [0.25, 0.3) is 0 Å². The third kappa shape index (κ3) is 3.70. The fraction of sp³-hybridized carbons (Fsp3) is 0.846. The molecular weight excluding hydrogens is 234 g/mol. The topological polar surface area (TPSA) is 77.8 Å². The highest BCUT2D eigenvalue weighted by Gasteiger charge is 2.43. The Morgan fingerprint density at radius 1 is 1.33 bits per heavy atom. The Kier molecular flexibility index (Phi) is 5.14. The molecule has 1 amide bonds. The van der Waals surface area contributed by atoms with Crippen LogP contribution in [-0.2, 0) is 9.59 Å². The van der Waals surface area contributed by atoms with Crippen molar-refractivity contribution in [3.05, 3.63) is 0 Å². The second-order valence-electron chi connectivity index (χ2n) is 5.42. The number of amides is 1. The summed E-state index contributed by atoms with van der Waals surface area (Å²) < 4.78 is 0. The standard InChI is InChI=1S/C13H23NO4/c1-10(15)5-8-14(2)11(16)9-13(12(17)18)6-3-4-7-13/h10,15H,3-9H2,1-2H3,(H,17,18). The highest BCUT2D eigenvalue weighted by Crippen LogP contribution is 2.41. The van der Waals surface area contributed by atoms with Gasteiger partial charge in [-0.25, -0.2) is 0 Å². The molecule has 0 aromatic carbocycles. The van der Waals surface area contributed by atoms with Crippen molar-refractivity contribution in [2.24, 2.45) is 5.41 Å². The lowest BCUT2D eigenvalue weighted by Crippen LogP contribution is -2.37. The van der Waals surface area contributed by atoms with E-state index in [0.29, 0.717) is 25.8 Å². The Morgan fingerprint density at radius 3 is 2.33 bits per heavy atom. The van der Waals surface area contributed by atoms with Crippen molar-refractivity contribution in [2.45, 2.75) is 51.6 Å². The van der Waals surface area contributed by atoms with Crippen LogP contribution in [0, 0.1) is 5.41 Å². The Hall–Kier alpha value is -1.10. The maximum absolute atomic E-state index is 12.0.